The summed E-state index contributed by atoms with van der Waals surface area (Å²) in [4.78, 5) is 27.8. The van der Waals surface area contributed by atoms with Gasteiger partial charge in [0, 0.05) is 25.7 Å². The van der Waals surface area contributed by atoms with E-state index in [1.807, 2.05) is 13.8 Å². The molecule has 1 unspecified atom stereocenters. The summed E-state index contributed by atoms with van der Waals surface area (Å²) in [5.74, 6) is -0.978. The number of hydrogen-bond donors (Lipinski definition) is 1. The topological polar surface area (TPSA) is 66.6 Å². The summed E-state index contributed by atoms with van der Waals surface area (Å²) < 4.78 is 12.9. The van der Waals surface area contributed by atoms with Crippen LogP contribution in [0, 0.1) is 5.82 Å². The van der Waals surface area contributed by atoms with Crippen molar-refractivity contribution in [1.29, 1.82) is 0 Å². The first kappa shape index (κ1) is 16.4. The molecule has 0 spiro atoms. The van der Waals surface area contributed by atoms with E-state index in [1.54, 1.807) is 17.0 Å². The zero-order chi connectivity index (χ0) is 16.3. The number of halogens is 1. The summed E-state index contributed by atoms with van der Waals surface area (Å²) in [6.45, 7) is 5.76. The molecule has 0 aliphatic carbocycles. The summed E-state index contributed by atoms with van der Waals surface area (Å²) in [6, 6.07) is 5.50. The highest BCUT2D eigenvalue weighted by Gasteiger charge is 2.34. The fraction of sp³-hybridized carbons (Fsp3) is 0.500. The average molecular weight is 307 g/mol. The summed E-state index contributed by atoms with van der Waals surface area (Å²) in [6.07, 6.45) is 0.145. The van der Waals surface area contributed by atoms with E-state index >= 15 is 0 Å². The quantitative estimate of drug-likeness (QED) is 0.894. The van der Waals surface area contributed by atoms with E-state index in [-0.39, 0.29) is 18.1 Å². The smallest absolute Gasteiger partial charge is 0.241 e. The Bertz CT molecular complexity index is 545. The van der Waals surface area contributed by atoms with E-state index in [0.717, 1.165) is 12.1 Å². The van der Waals surface area contributed by atoms with Crippen LogP contribution in [0.4, 0.5) is 4.39 Å². The van der Waals surface area contributed by atoms with E-state index in [9.17, 15) is 14.0 Å². The number of piperazine rings is 1. The van der Waals surface area contributed by atoms with Gasteiger partial charge in [0.1, 0.15) is 11.9 Å². The van der Waals surface area contributed by atoms with Crippen LogP contribution < -0.4 is 5.73 Å². The molecule has 1 saturated heterocycles. The van der Waals surface area contributed by atoms with Crippen LogP contribution in [0.3, 0.4) is 0 Å². The maximum atomic E-state index is 12.9. The van der Waals surface area contributed by atoms with Crippen LogP contribution in [-0.4, -0.2) is 53.3 Å². The number of rotatable bonds is 4. The van der Waals surface area contributed by atoms with E-state index < -0.39 is 11.9 Å². The SMILES string of the molecule is CC(C)N1CCN(C(=O)Cc2ccc(F)cc2)C(C(N)=O)C1. The largest absolute Gasteiger partial charge is 0.368 e. The van der Waals surface area contributed by atoms with Gasteiger partial charge >= 0.3 is 0 Å². The molecule has 1 aliphatic rings. The van der Waals surface area contributed by atoms with Crippen molar-refractivity contribution in [1.82, 2.24) is 9.80 Å². The molecule has 120 valence electrons. The van der Waals surface area contributed by atoms with Gasteiger partial charge in [-0.1, -0.05) is 12.1 Å². The van der Waals surface area contributed by atoms with Gasteiger partial charge in [-0.3, -0.25) is 14.5 Å². The van der Waals surface area contributed by atoms with E-state index in [1.165, 1.54) is 12.1 Å². The van der Waals surface area contributed by atoms with Crippen LogP contribution in [-0.2, 0) is 16.0 Å². The molecule has 6 heteroatoms. The van der Waals surface area contributed by atoms with E-state index in [0.29, 0.717) is 19.1 Å². The number of nitrogens with two attached hydrogens (primary N) is 1. The summed E-state index contributed by atoms with van der Waals surface area (Å²) >= 11 is 0. The lowest BCUT2D eigenvalue weighted by atomic mass is 10.1. The Balaban J connectivity index is 2.07. The predicted octanol–water partition coefficient (Wildman–Crippen LogP) is 0.775. The highest BCUT2D eigenvalue weighted by Crippen LogP contribution is 2.15. The van der Waals surface area contributed by atoms with Crippen molar-refractivity contribution in [2.24, 2.45) is 5.73 Å². The van der Waals surface area contributed by atoms with Crippen LogP contribution in [0.15, 0.2) is 24.3 Å². The molecule has 2 amide bonds. The molecule has 1 heterocycles. The fourth-order valence-electron chi connectivity index (χ4n) is 2.69. The highest BCUT2D eigenvalue weighted by molar-refractivity contribution is 5.88. The number of benzene rings is 1. The van der Waals surface area contributed by atoms with Crippen LogP contribution in [0.25, 0.3) is 0 Å². The van der Waals surface area contributed by atoms with Crippen molar-refractivity contribution < 1.29 is 14.0 Å². The van der Waals surface area contributed by atoms with Gasteiger partial charge in [-0.25, -0.2) is 4.39 Å². The maximum absolute atomic E-state index is 12.9. The van der Waals surface area contributed by atoms with Gasteiger partial charge in [0.25, 0.3) is 0 Å². The molecule has 1 aliphatic heterocycles. The van der Waals surface area contributed by atoms with Crippen LogP contribution >= 0.6 is 0 Å². The Labute approximate surface area is 129 Å². The normalized spacial score (nSPS) is 19.5. The van der Waals surface area contributed by atoms with Gasteiger partial charge in [-0.15, -0.1) is 0 Å². The minimum atomic E-state index is -0.607. The lowest BCUT2D eigenvalue weighted by Gasteiger charge is -2.41. The van der Waals surface area contributed by atoms with Crippen molar-refractivity contribution >= 4 is 11.8 Å². The van der Waals surface area contributed by atoms with Gasteiger partial charge < -0.3 is 10.6 Å². The van der Waals surface area contributed by atoms with Crippen LogP contribution in [0.1, 0.15) is 19.4 Å². The monoisotopic (exact) mass is 307 g/mol. The first-order valence-corrected chi connectivity index (χ1v) is 7.45. The zero-order valence-corrected chi connectivity index (χ0v) is 13.0. The van der Waals surface area contributed by atoms with Gasteiger partial charge in [-0.2, -0.15) is 0 Å². The third-order valence-corrected chi connectivity index (χ3v) is 4.06. The summed E-state index contributed by atoms with van der Waals surface area (Å²) in [5, 5.41) is 0. The lowest BCUT2D eigenvalue weighted by Crippen LogP contribution is -2.61. The second-order valence-corrected chi connectivity index (χ2v) is 5.90. The number of primary amides is 1. The number of amides is 2. The number of carbonyl (C=O) groups is 2. The molecule has 0 bridgehead atoms. The third kappa shape index (κ3) is 3.82. The van der Waals surface area contributed by atoms with Crippen molar-refractivity contribution in [2.45, 2.75) is 32.4 Å². The molecule has 0 radical (unpaired) electrons. The second kappa shape index (κ2) is 6.87. The van der Waals surface area contributed by atoms with E-state index in [2.05, 4.69) is 4.90 Å². The molecule has 5 nitrogen and oxygen atoms in total. The number of carbonyl (C=O) groups excluding carboxylic acids is 2. The highest BCUT2D eigenvalue weighted by atomic mass is 19.1. The molecule has 1 fully saturated rings. The van der Waals surface area contributed by atoms with Gasteiger partial charge in [0.05, 0.1) is 6.42 Å². The molecule has 2 rings (SSSR count). The Kier molecular flexibility index (Phi) is 5.13. The molecule has 1 aromatic rings. The third-order valence-electron chi connectivity index (χ3n) is 4.06. The minimum Gasteiger partial charge on any atom is -0.368 e. The first-order valence-electron chi connectivity index (χ1n) is 7.45. The lowest BCUT2D eigenvalue weighted by molar-refractivity contribution is -0.142. The Morgan fingerprint density at radius 1 is 1.27 bits per heavy atom. The van der Waals surface area contributed by atoms with Crippen molar-refractivity contribution in [3.05, 3.63) is 35.6 Å². The first-order chi connectivity index (χ1) is 10.4. The van der Waals surface area contributed by atoms with Crippen LogP contribution in [0.2, 0.25) is 0 Å². The Hall–Kier alpha value is -1.95. The van der Waals surface area contributed by atoms with Gasteiger partial charge in [0.15, 0.2) is 0 Å². The van der Waals surface area contributed by atoms with Gasteiger partial charge in [0.2, 0.25) is 11.8 Å². The molecular weight excluding hydrogens is 285 g/mol. The molecule has 2 N–H and O–H groups in total. The molecule has 0 aromatic heterocycles. The zero-order valence-electron chi connectivity index (χ0n) is 13.0. The average Bonchev–Trinajstić information content (AvgIpc) is 2.48. The Morgan fingerprint density at radius 2 is 1.91 bits per heavy atom. The fourth-order valence-corrected chi connectivity index (χ4v) is 2.69. The van der Waals surface area contributed by atoms with Crippen molar-refractivity contribution in [3.8, 4) is 0 Å². The maximum Gasteiger partial charge on any atom is 0.241 e. The molecule has 0 saturated carbocycles. The van der Waals surface area contributed by atoms with E-state index in [4.69, 9.17) is 5.73 Å². The minimum absolute atomic E-state index is 0.145. The molecule has 1 atom stereocenters. The molecular formula is C16H22FN3O2. The second-order valence-electron chi connectivity index (χ2n) is 5.90. The molecule has 22 heavy (non-hydrogen) atoms. The Morgan fingerprint density at radius 3 is 2.45 bits per heavy atom. The molecule has 1 aromatic carbocycles. The standard InChI is InChI=1S/C16H22FN3O2/c1-11(2)19-7-8-20(14(10-19)16(18)22)15(21)9-12-3-5-13(17)6-4-12/h3-6,11,14H,7-10H2,1-2H3,(H2,18,22). The summed E-state index contributed by atoms with van der Waals surface area (Å²) in [5.41, 5.74) is 6.18. The van der Waals surface area contributed by atoms with Gasteiger partial charge in [-0.05, 0) is 31.5 Å². The summed E-state index contributed by atoms with van der Waals surface area (Å²) in [7, 11) is 0. The number of nitrogens with zero attached hydrogens (tertiary/aromatic N) is 2. The van der Waals surface area contributed by atoms with Crippen molar-refractivity contribution in [2.75, 3.05) is 19.6 Å². The van der Waals surface area contributed by atoms with Crippen LogP contribution in [0.5, 0.6) is 0 Å². The number of hydrogen-bond acceptors (Lipinski definition) is 3. The predicted molar refractivity (Wildman–Crippen MR) is 81.5 cm³/mol. The van der Waals surface area contributed by atoms with Crippen molar-refractivity contribution in [3.63, 3.8) is 0 Å².